The zero-order chi connectivity index (χ0) is 20.8. The first kappa shape index (κ1) is 20.8. The molecule has 9 heteroatoms. The van der Waals surface area contributed by atoms with Crippen LogP contribution < -0.4 is 20.3 Å². The predicted octanol–water partition coefficient (Wildman–Crippen LogP) is 3.81. The van der Waals surface area contributed by atoms with E-state index in [9.17, 15) is 9.59 Å². The highest BCUT2D eigenvalue weighted by molar-refractivity contribution is 9.10. The molecule has 3 aromatic rings. The van der Waals surface area contributed by atoms with Crippen LogP contribution >= 0.6 is 27.3 Å². The van der Waals surface area contributed by atoms with Crippen molar-refractivity contribution < 1.29 is 19.1 Å². The number of amides is 2. The van der Waals surface area contributed by atoms with Crippen molar-refractivity contribution in [3.05, 3.63) is 64.1 Å². The summed E-state index contributed by atoms with van der Waals surface area (Å²) in [7, 11) is 1.58. The fourth-order valence-electron chi connectivity index (χ4n) is 2.41. The van der Waals surface area contributed by atoms with Crippen LogP contribution in [-0.4, -0.2) is 30.0 Å². The van der Waals surface area contributed by atoms with Gasteiger partial charge in [0.05, 0.1) is 12.7 Å². The fourth-order valence-corrected chi connectivity index (χ4v) is 3.61. The van der Waals surface area contributed by atoms with Gasteiger partial charge < -0.3 is 9.47 Å². The van der Waals surface area contributed by atoms with Gasteiger partial charge in [-0.1, -0.05) is 34.1 Å². The monoisotopic (exact) mass is 475 g/mol. The number of carbonyl (C=O) groups is 2. The molecule has 1 atom stereocenters. The molecule has 1 aromatic heterocycles. The van der Waals surface area contributed by atoms with Gasteiger partial charge in [0, 0.05) is 9.85 Å². The van der Waals surface area contributed by atoms with E-state index in [1.54, 1.807) is 37.6 Å². The molecule has 0 saturated heterocycles. The van der Waals surface area contributed by atoms with Gasteiger partial charge in [0.1, 0.15) is 22.2 Å². The van der Waals surface area contributed by atoms with Gasteiger partial charge in [-0.15, -0.1) is 11.3 Å². The maximum atomic E-state index is 12.3. The number of aromatic nitrogens is 1. The summed E-state index contributed by atoms with van der Waals surface area (Å²) >= 11 is 4.65. The third kappa shape index (κ3) is 5.33. The summed E-state index contributed by atoms with van der Waals surface area (Å²) in [5, 5.41) is 2.26. The van der Waals surface area contributed by atoms with Crippen LogP contribution in [0.15, 0.2) is 58.4 Å². The average molecular weight is 476 g/mol. The van der Waals surface area contributed by atoms with Crippen molar-refractivity contribution in [1.29, 1.82) is 0 Å². The van der Waals surface area contributed by atoms with Gasteiger partial charge in [-0.3, -0.25) is 20.4 Å². The van der Waals surface area contributed by atoms with E-state index in [4.69, 9.17) is 9.47 Å². The summed E-state index contributed by atoms with van der Waals surface area (Å²) < 4.78 is 11.7. The van der Waals surface area contributed by atoms with Crippen LogP contribution in [0.4, 0.5) is 0 Å². The Kier molecular flexibility index (Phi) is 6.84. The molecule has 0 aliphatic heterocycles. The number of thiazole rings is 1. The lowest BCUT2D eigenvalue weighted by atomic mass is 10.2. The molecule has 1 unspecified atom stereocenters. The molecule has 0 fully saturated rings. The molecule has 2 aromatic carbocycles. The van der Waals surface area contributed by atoms with E-state index in [0.29, 0.717) is 16.5 Å². The number of rotatable bonds is 6. The lowest BCUT2D eigenvalue weighted by Crippen LogP contribution is -2.47. The van der Waals surface area contributed by atoms with Crippen LogP contribution in [0.5, 0.6) is 11.5 Å². The molecule has 0 aliphatic carbocycles. The average Bonchev–Trinajstić information content (AvgIpc) is 3.22. The summed E-state index contributed by atoms with van der Waals surface area (Å²) in [5.74, 6) is 0.193. The zero-order valence-electron chi connectivity index (χ0n) is 15.6. The molecule has 0 spiro atoms. The Bertz CT molecular complexity index is 1020. The summed E-state index contributed by atoms with van der Waals surface area (Å²) in [6, 6.07) is 14.5. The van der Waals surface area contributed by atoms with Crippen molar-refractivity contribution in [3.63, 3.8) is 0 Å². The highest BCUT2D eigenvalue weighted by Gasteiger charge is 2.18. The zero-order valence-corrected chi connectivity index (χ0v) is 18.0. The number of methoxy groups -OCH3 is 1. The molecule has 0 saturated carbocycles. The van der Waals surface area contributed by atoms with Crippen molar-refractivity contribution in [2.24, 2.45) is 0 Å². The Morgan fingerprint density at radius 3 is 2.69 bits per heavy atom. The van der Waals surface area contributed by atoms with E-state index in [0.717, 1.165) is 10.0 Å². The van der Waals surface area contributed by atoms with E-state index in [1.165, 1.54) is 11.3 Å². The first-order chi connectivity index (χ1) is 14.0. The van der Waals surface area contributed by atoms with Gasteiger partial charge >= 0.3 is 0 Å². The Morgan fingerprint density at radius 2 is 1.93 bits per heavy atom. The summed E-state index contributed by atoms with van der Waals surface area (Å²) in [6.45, 7) is 1.59. The molecule has 29 heavy (non-hydrogen) atoms. The number of hydrogen-bond donors (Lipinski definition) is 2. The lowest BCUT2D eigenvalue weighted by molar-refractivity contribution is -0.128. The normalized spacial score (nSPS) is 11.4. The minimum absolute atomic E-state index is 0.191. The van der Waals surface area contributed by atoms with Gasteiger partial charge in [-0.2, -0.15) is 0 Å². The smallest absolute Gasteiger partial charge is 0.289 e. The van der Waals surface area contributed by atoms with Crippen LogP contribution in [0.2, 0.25) is 0 Å². The van der Waals surface area contributed by atoms with Crippen molar-refractivity contribution in [1.82, 2.24) is 15.8 Å². The van der Waals surface area contributed by atoms with Gasteiger partial charge in [0.15, 0.2) is 6.10 Å². The van der Waals surface area contributed by atoms with Crippen LogP contribution in [0.25, 0.3) is 10.6 Å². The highest BCUT2D eigenvalue weighted by Crippen LogP contribution is 2.31. The molecular weight excluding hydrogens is 458 g/mol. The molecular formula is C20H18BrN3O4S. The summed E-state index contributed by atoms with van der Waals surface area (Å²) in [6.07, 6.45) is -0.802. The van der Waals surface area contributed by atoms with Crippen molar-refractivity contribution in [3.8, 4) is 22.1 Å². The topological polar surface area (TPSA) is 89.5 Å². The van der Waals surface area contributed by atoms with Crippen LogP contribution in [0.1, 0.15) is 17.4 Å². The van der Waals surface area contributed by atoms with Crippen molar-refractivity contribution >= 4 is 39.1 Å². The second kappa shape index (κ2) is 9.53. The molecule has 1 heterocycles. The molecule has 2 amide bonds. The number of hydrazine groups is 1. The number of para-hydroxylation sites is 1. The fraction of sp³-hybridized carbons (Fsp3) is 0.150. The second-order valence-corrected chi connectivity index (χ2v) is 7.67. The highest BCUT2D eigenvalue weighted by atomic mass is 79.9. The third-order valence-corrected chi connectivity index (χ3v) is 5.22. The van der Waals surface area contributed by atoms with Gasteiger partial charge in [-0.25, -0.2) is 4.98 Å². The largest absolute Gasteiger partial charge is 0.496 e. The quantitative estimate of drug-likeness (QED) is 0.529. The van der Waals surface area contributed by atoms with Crippen LogP contribution in [-0.2, 0) is 4.79 Å². The first-order valence-electron chi connectivity index (χ1n) is 8.59. The molecule has 2 N–H and O–H groups in total. The number of benzene rings is 2. The Hall–Kier alpha value is -2.91. The van der Waals surface area contributed by atoms with E-state index in [2.05, 4.69) is 31.8 Å². The first-order valence-corrected chi connectivity index (χ1v) is 10.3. The van der Waals surface area contributed by atoms with Gasteiger partial charge in [0.25, 0.3) is 11.8 Å². The second-order valence-electron chi connectivity index (χ2n) is 5.90. The molecule has 0 radical (unpaired) electrons. The third-order valence-electron chi connectivity index (χ3n) is 3.85. The summed E-state index contributed by atoms with van der Waals surface area (Å²) in [4.78, 5) is 28.8. The SMILES string of the molecule is COc1ccccc1-c1nc(C(=O)NNC(=O)C(C)Oc2cccc(Br)c2)cs1. The Morgan fingerprint density at radius 1 is 1.14 bits per heavy atom. The molecule has 0 aliphatic rings. The van der Waals surface area contributed by atoms with E-state index in [1.807, 2.05) is 30.3 Å². The minimum atomic E-state index is -0.802. The predicted molar refractivity (Wildman–Crippen MR) is 114 cm³/mol. The molecule has 0 bridgehead atoms. The van der Waals surface area contributed by atoms with E-state index in [-0.39, 0.29) is 5.69 Å². The lowest BCUT2D eigenvalue weighted by Gasteiger charge is -2.15. The number of nitrogens with zero attached hydrogens (tertiary/aromatic N) is 1. The van der Waals surface area contributed by atoms with Gasteiger partial charge in [0.2, 0.25) is 0 Å². The van der Waals surface area contributed by atoms with Gasteiger partial charge in [-0.05, 0) is 37.3 Å². The minimum Gasteiger partial charge on any atom is -0.496 e. The Labute approximate surface area is 180 Å². The number of hydrogen-bond acceptors (Lipinski definition) is 6. The number of halogens is 1. The van der Waals surface area contributed by atoms with Crippen LogP contribution in [0, 0.1) is 0 Å². The molecule has 7 nitrogen and oxygen atoms in total. The van der Waals surface area contributed by atoms with Crippen LogP contribution in [0.3, 0.4) is 0 Å². The molecule has 150 valence electrons. The van der Waals surface area contributed by atoms with Crippen molar-refractivity contribution in [2.75, 3.05) is 7.11 Å². The molecule has 3 rings (SSSR count). The number of ether oxygens (including phenoxy) is 2. The Balaban J connectivity index is 1.58. The van der Waals surface area contributed by atoms with E-state index < -0.39 is 17.9 Å². The summed E-state index contributed by atoms with van der Waals surface area (Å²) in [5.41, 5.74) is 5.69. The van der Waals surface area contributed by atoms with E-state index >= 15 is 0 Å². The maximum Gasteiger partial charge on any atom is 0.289 e. The standard InChI is InChI=1S/C20H18BrN3O4S/c1-12(28-14-7-5-6-13(21)10-14)18(25)23-24-19(26)16-11-29-20(22-16)15-8-3-4-9-17(15)27-2/h3-12H,1-2H3,(H,23,25)(H,24,26). The van der Waals surface area contributed by atoms with Crippen molar-refractivity contribution in [2.45, 2.75) is 13.0 Å². The number of nitrogens with one attached hydrogen (secondary N) is 2. The number of carbonyl (C=O) groups excluding carboxylic acids is 2. The maximum absolute atomic E-state index is 12.3.